The summed E-state index contributed by atoms with van der Waals surface area (Å²) in [6, 6.07) is 0. The van der Waals surface area contributed by atoms with Crippen molar-refractivity contribution in [3.63, 3.8) is 0 Å². The lowest BCUT2D eigenvalue weighted by molar-refractivity contribution is 0.0470. The molecule has 0 amide bonds. The molecule has 2 aromatic rings. The second-order valence-electron chi connectivity index (χ2n) is 3.09. The van der Waals surface area contributed by atoms with Gasteiger partial charge in [0, 0.05) is 6.20 Å². The second kappa shape index (κ2) is 5.25. The van der Waals surface area contributed by atoms with Crippen LogP contribution >= 0.6 is 22.6 Å². The highest BCUT2D eigenvalue weighted by Gasteiger charge is 2.16. The number of halogens is 1. The van der Waals surface area contributed by atoms with Crippen LogP contribution in [0.2, 0.25) is 0 Å². The summed E-state index contributed by atoms with van der Waals surface area (Å²) in [5.74, 6) is -0.363. The summed E-state index contributed by atoms with van der Waals surface area (Å²) in [7, 11) is 0. The molecule has 7 nitrogen and oxygen atoms in total. The molecule has 0 aromatic carbocycles. The maximum absolute atomic E-state index is 11.3. The van der Waals surface area contributed by atoms with E-state index in [0.717, 1.165) is 3.57 Å². The van der Waals surface area contributed by atoms with Gasteiger partial charge in [-0.05, 0) is 29.5 Å². The van der Waals surface area contributed by atoms with Gasteiger partial charge in [0.15, 0.2) is 5.82 Å². The largest absolute Gasteiger partial charge is 0.459 e. The lowest BCUT2D eigenvalue weighted by Crippen LogP contribution is -2.06. The summed E-state index contributed by atoms with van der Waals surface area (Å²) in [5, 5.41) is 7.75. The van der Waals surface area contributed by atoms with Crippen LogP contribution in [0.15, 0.2) is 16.9 Å². The van der Waals surface area contributed by atoms with Crippen LogP contribution in [0.25, 0.3) is 0 Å². The molecule has 2 rings (SSSR count). The van der Waals surface area contributed by atoms with E-state index < -0.39 is 5.97 Å². The Hall–Kier alpha value is -1.45. The number of aromatic nitrogens is 4. The van der Waals surface area contributed by atoms with Gasteiger partial charge in [-0.1, -0.05) is 5.16 Å². The quantitative estimate of drug-likeness (QED) is 0.608. The first-order valence-electron chi connectivity index (χ1n) is 4.86. The fourth-order valence-corrected chi connectivity index (χ4v) is 1.61. The molecule has 0 N–H and O–H groups in total. The molecule has 0 radical (unpaired) electrons. The van der Waals surface area contributed by atoms with Gasteiger partial charge in [-0.2, -0.15) is 10.1 Å². The summed E-state index contributed by atoms with van der Waals surface area (Å²) in [4.78, 5) is 15.2. The number of ether oxygens (including phenoxy) is 1. The van der Waals surface area contributed by atoms with Crippen LogP contribution in [0.3, 0.4) is 0 Å². The van der Waals surface area contributed by atoms with Crippen LogP contribution in [0.4, 0.5) is 0 Å². The SMILES string of the molecule is CCOC(=O)c1nc(Cn2cc(I)cn2)no1. The lowest BCUT2D eigenvalue weighted by atomic mass is 10.6. The fraction of sp³-hybridized carbons (Fsp3) is 0.333. The van der Waals surface area contributed by atoms with Gasteiger partial charge in [0.2, 0.25) is 0 Å². The Kier molecular flexibility index (Phi) is 3.71. The summed E-state index contributed by atoms with van der Waals surface area (Å²) in [5.41, 5.74) is 0. The zero-order valence-corrected chi connectivity index (χ0v) is 11.1. The van der Waals surface area contributed by atoms with Crippen molar-refractivity contribution < 1.29 is 14.1 Å². The number of esters is 1. The van der Waals surface area contributed by atoms with Crippen molar-refractivity contribution in [2.45, 2.75) is 13.5 Å². The average Bonchev–Trinajstić information content (AvgIpc) is 2.89. The van der Waals surface area contributed by atoms with Gasteiger partial charge in [-0.15, -0.1) is 0 Å². The molecule has 0 saturated carbocycles. The van der Waals surface area contributed by atoms with E-state index in [0.29, 0.717) is 12.4 Å². The maximum atomic E-state index is 11.3. The van der Waals surface area contributed by atoms with E-state index in [2.05, 4.69) is 37.8 Å². The first-order chi connectivity index (χ1) is 8.19. The molecule has 8 heteroatoms. The molecule has 0 unspecified atom stereocenters. The van der Waals surface area contributed by atoms with Crippen molar-refractivity contribution in [2.75, 3.05) is 6.61 Å². The third kappa shape index (κ3) is 3.02. The summed E-state index contributed by atoms with van der Waals surface area (Å²) < 4.78 is 12.2. The van der Waals surface area contributed by atoms with E-state index in [4.69, 9.17) is 9.26 Å². The van der Waals surface area contributed by atoms with Gasteiger partial charge in [-0.25, -0.2) is 4.79 Å². The number of hydrogen-bond donors (Lipinski definition) is 0. The van der Waals surface area contributed by atoms with Crippen LogP contribution in [0, 0.1) is 3.57 Å². The predicted octanol–water partition coefficient (Wildman–Crippen LogP) is 1.10. The van der Waals surface area contributed by atoms with Crippen LogP contribution in [0.1, 0.15) is 23.4 Å². The number of carbonyl (C=O) groups excluding carboxylic acids is 1. The Morgan fingerprint density at radius 2 is 2.47 bits per heavy atom. The first kappa shape index (κ1) is 12.0. The smallest absolute Gasteiger partial charge is 0.397 e. The van der Waals surface area contributed by atoms with Crippen molar-refractivity contribution in [1.29, 1.82) is 0 Å². The molecular formula is C9H9IN4O3. The third-order valence-corrected chi connectivity index (χ3v) is 2.38. The Bertz CT molecular complexity index is 522. The van der Waals surface area contributed by atoms with E-state index in [-0.39, 0.29) is 12.5 Å². The molecule has 0 saturated heterocycles. The fourth-order valence-electron chi connectivity index (χ4n) is 1.16. The molecule has 0 aliphatic carbocycles. The summed E-state index contributed by atoms with van der Waals surface area (Å²) >= 11 is 2.15. The van der Waals surface area contributed by atoms with Crippen molar-refractivity contribution in [1.82, 2.24) is 19.9 Å². The van der Waals surface area contributed by atoms with Crippen molar-refractivity contribution >= 4 is 28.6 Å². The highest BCUT2D eigenvalue weighted by atomic mass is 127. The van der Waals surface area contributed by atoms with Gasteiger partial charge < -0.3 is 9.26 Å². The minimum atomic E-state index is -0.610. The number of rotatable bonds is 4. The number of nitrogens with zero attached hydrogens (tertiary/aromatic N) is 4. The number of hydrogen-bond acceptors (Lipinski definition) is 6. The van der Waals surface area contributed by atoms with E-state index in [9.17, 15) is 4.79 Å². The van der Waals surface area contributed by atoms with Crippen LogP contribution < -0.4 is 0 Å². The van der Waals surface area contributed by atoms with E-state index in [1.54, 1.807) is 17.8 Å². The topological polar surface area (TPSA) is 83.0 Å². The van der Waals surface area contributed by atoms with Gasteiger partial charge in [0.05, 0.1) is 16.4 Å². The maximum Gasteiger partial charge on any atom is 0.397 e. The Morgan fingerprint density at radius 1 is 1.65 bits per heavy atom. The Balaban J connectivity index is 2.06. The van der Waals surface area contributed by atoms with Crippen LogP contribution in [0.5, 0.6) is 0 Å². The standard InChI is InChI=1S/C9H9IN4O3/c1-2-16-9(15)8-12-7(13-17-8)5-14-4-6(10)3-11-14/h3-4H,2,5H2,1H3. The lowest BCUT2D eigenvalue weighted by Gasteiger charge is -1.94. The molecule has 0 atom stereocenters. The molecule has 0 bridgehead atoms. The molecule has 2 aromatic heterocycles. The Labute approximate surface area is 110 Å². The normalized spacial score (nSPS) is 10.5. The molecule has 0 aliphatic heterocycles. The predicted molar refractivity (Wildman–Crippen MR) is 64.3 cm³/mol. The third-order valence-electron chi connectivity index (χ3n) is 1.82. The van der Waals surface area contributed by atoms with Crippen LogP contribution in [-0.2, 0) is 11.3 Å². The van der Waals surface area contributed by atoms with Crippen molar-refractivity contribution in [2.24, 2.45) is 0 Å². The zero-order chi connectivity index (χ0) is 12.3. The van der Waals surface area contributed by atoms with Gasteiger partial charge in [0.1, 0.15) is 6.54 Å². The molecule has 0 fully saturated rings. The number of carbonyl (C=O) groups is 1. The van der Waals surface area contributed by atoms with Crippen molar-refractivity contribution in [3.8, 4) is 0 Å². The van der Waals surface area contributed by atoms with Crippen LogP contribution in [-0.4, -0.2) is 32.5 Å². The summed E-state index contributed by atoms with van der Waals surface area (Å²) in [6.45, 7) is 2.33. The van der Waals surface area contributed by atoms with Crippen molar-refractivity contribution in [3.05, 3.63) is 27.7 Å². The summed E-state index contributed by atoms with van der Waals surface area (Å²) in [6.07, 6.45) is 3.55. The average molecular weight is 348 g/mol. The van der Waals surface area contributed by atoms with E-state index in [1.165, 1.54) is 0 Å². The molecule has 90 valence electrons. The zero-order valence-electron chi connectivity index (χ0n) is 8.96. The van der Waals surface area contributed by atoms with Gasteiger partial charge in [0.25, 0.3) is 0 Å². The Morgan fingerprint density at radius 3 is 3.12 bits per heavy atom. The van der Waals surface area contributed by atoms with E-state index >= 15 is 0 Å². The monoisotopic (exact) mass is 348 g/mol. The minimum Gasteiger partial charge on any atom is -0.459 e. The molecule has 2 heterocycles. The molecule has 0 spiro atoms. The van der Waals surface area contributed by atoms with Gasteiger partial charge in [-0.3, -0.25) is 4.68 Å². The first-order valence-corrected chi connectivity index (χ1v) is 5.94. The molecule has 17 heavy (non-hydrogen) atoms. The van der Waals surface area contributed by atoms with Gasteiger partial charge >= 0.3 is 11.9 Å². The molecule has 0 aliphatic rings. The highest BCUT2D eigenvalue weighted by Crippen LogP contribution is 2.05. The second-order valence-corrected chi connectivity index (χ2v) is 4.34. The van der Waals surface area contributed by atoms with E-state index in [1.807, 2.05) is 6.20 Å². The molecular weight excluding hydrogens is 339 g/mol. The highest BCUT2D eigenvalue weighted by molar-refractivity contribution is 14.1. The minimum absolute atomic E-state index is 0.135.